The molecular weight excluding hydrogens is 266 g/mol. The number of carbonyl (C=O) groups excluding carboxylic acids is 1. The van der Waals surface area contributed by atoms with Gasteiger partial charge in [-0.2, -0.15) is 0 Å². The minimum atomic E-state index is -0.504. The molecule has 0 saturated carbocycles. The van der Waals surface area contributed by atoms with E-state index in [9.17, 15) is 9.90 Å². The maximum Gasteiger partial charge on any atom is 0.411 e. The Hall–Kier alpha value is -2.49. The fourth-order valence-electron chi connectivity index (χ4n) is 2.11. The summed E-state index contributed by atoms with van der Waals surface area (Å²) in [5.41, 5.74) is 4.00. The number of carbonyl (C=O) groups is 1. The van der Waals surface area contributed by atoms with E-state index in [2.05, 4.69) is 5.32 Å². The van der Waals surface area contributed by atoms with Crippen LogP contribution < -0.4 is 5.32 Å². The molecule has 110 valence electrons. The van der Waals surface area contributed by atoms with Crippen molar-refractivity contribution in [3.05, 3.63) is 58.7 Å². The Bertz CT molecular complexity index is 651. The first-order valence-corrected chi connectivity index (χ1v) is 6.76. The van der Waals surface area contributed by atoms with Crippen molar-refractivity contribution in [2.24, 2.45) is 0 Å². The highest BCUT2D eigenvalue weighted by molar-refractivity contribution is 5.87. The number of aromatic hydroxyl groups is 1. The molecule has 4 heteroatoms. The van der Waals surface area contributed by atoms with Gasteiger partial charge in [0.05, 0.1) is 5.69 Å². The van der Waals surface area contributed by atoms with Gasteiger partial charge < -0.3 is 9.84 Å². The van der Waals surface area contributed by atoms with Crippen LogP contribution in [-0.4, -0.2) is 11.2 Å². The molecular formula is C17H19NO3. The van der Waals surface area contributed by atoms with Crippen LogP contribution in [0.1, 0.15) is 22.3 Å². The van der Waals surface area contributed by atoms with Crippen molar-refractivity contribution in [2.45, 2.75) is 27.4 Å². The van der Waals surface area contributed by atoms with Crippen molar-refractivity contribution in [1.82, 2.24) is 0 Å². The van der Waals surface area contributed by atoms with E-state index in [1.54, 1.807) is 6.07 Å². The van der Waals surface area contributed by atoms with E-state index in [0.717, 1.165) is 22.3 Å². The zero-order valence-corrected chi connectivity index (χ0v) is 12.4. The van der Waals surface area contributed by atoms with Crippen LogP contribution in [0.25, 0.3) is 0 Å². The molecule has 2 rings (SSSR count). The van der Waals surface area contributed by atoms with Crippen molar-refractivity contribution >= 4 is 11.8 Å². The van der Waals surface area contributed by atoms with Gasteiger partial charge >= 0.3 is 6.09 Å². The molecule has 4 nitrogen and oxygen atoms in total. The monoisotopic (exact) mass is 285 g/mol. The third-order valence-corrected chi connectivity index (χ3v) is 3.51. The number of ether oxygens (including phenoxy) is 1. The molecule has 0 atom stereocenters. The third kappa shape index (κ3) is 3.54. The summed E-state index contributed by atoms with van der Waals surface area (Å²) in [4.78, 5) is 11.9. The van der Waals surface area contributed by atoms with Gasteiger partial charge in [0.15, 0.2) is 0 Å². The van der Waals surface area contributed by atoms with Crippen molar-refractivity contribution in [1.29, 1.82) is 0 Å². The highest BCUT2D eigenvalue weighted by atomic mass is 16.5. The second kappa shape index (κ2) is 6.31. The average Bonchev–Trinajstić information content (AvgIpc) is 2.48. The zero-order chi connectivity index (χ0) is 15.4. The lowest BCUT2D eigenvalue weighted by Gasteiger charge is -2.15. The third-order valence-electron chi connectivity index (χ3n) is 3.51. The number of nitrogens with one attached hydrogen (secondary N) is 1. The van der Waals surface area contributed by atoms with Gasteiger partial charge in [-0.05, 0) is 49.1 Å². The number of rotatable bonds is 3. The minimum Gasteiger partial charge on any atom is -0.508 e. The van der Waals surface area contributed by atoms with E-state index in [1.165, 1.54) is 0 Å². The summed E-state index contributed by atoms with van der Waals surface area (Å²) in [6.45, 7) is 5.72. The molecule has 21 heavy (non-hydrogen) atoms. The molecule has 0 heterocycles. The van der Waals surface area contributed by atoms with Crippen LogP contribution >= 0.6 is 0 Å². The van der Waals surface area contributed by atoms with Crippen molar-refractivity contribution < 1.29 is 14.6 Å². The number of phenolic OH excluding ortho intramolecular Hbond substituents is 1. The summed E-state index contributed by atoms with van der Waals surface area (Å²) in [6.07, 6.45) is -0.504. The van der Waals surface area contributed by atoms with E-state index in [4.69, 9.17) is 4.74 Å². The van der Waals surface area contributed by atoms with Crippen LogP contribution in [0.15, 0.2) is 36.4 Å². The molecule has 0 spiro atoms. The number of hydrogen-bond donors (Lipinski definition) is 2. The second-order valence-corrected chi connectivity index (χ2v) is 5.02. The maximum atomic E-state index is 11.9. The smallest absolute Gasteiger partial charge is 0.411 e. The van der Waals surface area contributed by atoms with E-state index in [-0.39, 0.29) is 12.4 Å². The van der Waals surface area contributed by atoms with Crippen LogP contribution in [0.3, 0.4) is 0 Å². The van der Waals surface area contributed by atoms with Crippen LogP contribution in [0.4, 0.5) is 10.5 Å². The Morgan fingerprint density at radius 2 is 1.81 bits per heavy atom. The van der Waals surface area contributed by atoms with Crippen LogP contribution in [-0.2, 0) is 11.3 Å². The topological polar surface area (TPSA) is 58.6 Å². The normalized spacial score (nSPS) is 10.2. The van der Waals surface area contributed by atoms with Crippen LogP contribution in [0.5, 0.6) is 5.75 Å². The molecule has 0 aliphatic rings. The number of anilines is 1. The highest BCUT2D eigenvalue weighted by Crippen LogP contribution is 2.30. The summed E-state index contributed by atoms with van der Waals surface area (Å²) < 4.78 is 5.20. The first-order chi connectivity index (χ1) is 9.99. The summed E-state index contributed by atoms with van der Waals surface area (Å²) in [6, 6.07) is 11.1. The Balaban J connectivity index is 2.05. The lowest BCUT2D eigenvalue weighted by molar-refractivity contribution is 0.155. The fourth-order valence-corrected chi connectivity index (χ4v) is 2.11. The van der Waals surface area contributed by atoms with Gasteiger partial charge in [0.25, 0.3) is 0 Å². The van der Waals surface area contributed by atoms with Gasteiger partial charge in [0, 0.05) is 0 Å². The number of hydrogen-bond acceptors (Lipinski definition) is 3. The minimum absolute atomic E-state index is 0.224. The largest absolute Gasteiger partial charge is 0.508 e. The average molecular weight is 285 g/mol. The Labute approximate surface area is 124 Å². The van der Waals surface area contributed by atoms with Crippen molar-refractivity contribution in [3.63, 3.8) is 0 Å². The van der Waals surface area contributed by atoms with Gasteiger partial charge in [0.2, 0.25) is 0 Å². The molecule has 2 N–H and O–H groups in total. The Morgan fingerprint density at radius 1 is 1.14 bits per heavy atom. The van der Waals surface area contributed by atoms with Gasteiger partial charge in [-0.1, -0.05) is 30.3 Å². The molecule has 0 aliphatic carbocycles. The zero-order valence-electron chi connectivity index (χ0n) is 12.4. The lowest BCUT2D eigenvalue weighted by atomic mass is 10.0. The summed E-state index contributed by atoms with van der Waals surface area (Å²) in [5.74, 6) is 0.230. The molecule has 0 unspecified atom stereocenters. The highest BCUT2D eigenvalue weighted by Gasteiger charge is 2.13. The summed E-state index contributed by atoms with van der Waals surface area (Å²) >= 11 is 0. The maximum absolute atomic E-state index is 11.9. The van der Waals surface area contributed by atoms with Gasteiger partial charge in [-0.15, -0.1) is 0 Å². The van der Waals surface area contributed by atoms with Gasteiger partial charge in [-0.25, -0.2) is 4.79 Å². The number of amides is 1. The van der Waals surface area contributed by atoms with Crippen LogP contribution in [0, 0.1) is 20.8 Å². The predicted molar refractivity (Wildman–Crippen MR) is 82.6 cm³/mol. The molecule has 1 amide bonds. The van der Waals surface area contributed by atoms with Gasteiger partial charge in [-0.3, -0.25) is 5.32 Å². The fraction of sp³-hybridized carbons (Fsp3) is 0.235. The molecule has 0 saturated heterocycles. The lowest BCUT2D eigenvalue weighted by Crippen LogP contribution is -2.15. The first kappa shape index (κ1) is 14.9. The predicted octanol–water partition coefficient (Wildman–Crippen LogP) is 4.07. The molecule has 0 aromatic heterocycles. The Morgan fingerprint density at radius 3 is 2.48 bits per heavy atom. The second-order valence-electron chi connectivity index (χ2n) is 5.02. The van der Waals surface area contributed by atoms with Gasteiger partial charge in [0.1, 0.15) is 12.4 Å². The number of aryl methyl sites for hydroxylation is 1. The molecule has 0 bridgehead atoms. The summed E-state index contributed by atoms with van der Waals surface area (Å²) in [7, 11) is 0. The Kier molecular flexibility index (Phi) is 4.48. The van der Waals surface area contributed by atoms with E-state index in [1.807, 2.05) is 51.1 Å². The van der Waals surface area contributed by atoms with E-state index in [0.29, 0.717) is 5.69 Å². The number of benzene rings is 2. The van der Waals surface area contributed by atoms with Crippen molar-refractivity contribution in [2.75, 3.05) is 5.32 Å². The van der Waals surface area contributed by atoms with Crippen LogP contribution in [0.2, 0.25) is 0 Å². The standard InChI is InChI=1S/C17H19NO3/c1-11-9-15(19)12(2)13(3)16(11)18-17(20)21-10-14-7-5-4-6-8-14/h4-9,19H,10H2,1-3H3,(H,18,20). The molecule has 0 aliphatic heterocycles. The summed E-state index contributed by atoms with van der Waals surface area (Å²) in [5, 5.41) is 12.5. The first-order valence-electron chi connectivity index (χ1n) is 6.76. The quantitative estimate of drug-likeness (QED) is 0.836. The van der Waals surface area contributed by atoms with Crippen molar-refractivity contribution in [3.8, 4) is 5.75 Å². The van der Waals surface area contributed by atoms with E-state index >= 15 is 0 Å². The van der Waals surface area contributed by atoms with E-state index < -0.39 is 6.09 Å². The molecule has 0 fully saturated rings. The molecule has 2 aromatic carbocycles. The SMILES string of the molecule is Cc1cc(O)c(C)c(C)c1NC(=O)OCc1ccccc1. The molecule has 2 aromatic rings. The number of phenols is 1. The molecule has 0 radical (unpaired) electrons.